The Balaban J connectivity index is 2.19. The van der Waals surface area contributed by atoms with Gasteiger partial charge >= 0.3 is 0 Å². The Morgan fingerprint density at radius 3 is 2.12 bits per heavy atom. The lowest BCUT2D eigenvalue weighted by Crippen LogP contribution is -2.17. The van der Waals surface area contributed by atoms with Gasteiger partial charge in [-0.25, -0.2) is 0 Å². The minimum absolute atomic E-state index is 0.170. The van der Waals surface area contributed by atoms with Crippen molar-refractivity contribution in [2.24, 2.45) is 5.92 Å². The first kappa shape index (κ1) is 11.9. The smallest absolute Gasteiger partial charge is 0.166 e. The Hall–Kier alpha value is -0.530. The predicted molar refractivity (Wildman–Crippen MR) is 67.4 cm³/mol. The monoisotopic (exact) mass is 256 g/mol. The molecular formula is C13H14Cl2O. The van der Waals surface area contributed by atoms with E-state index in [2.05, 4.69) is 0 Å². The largest absolute Gasteiger partial charge is 0.294 e. The molecular weight excluding hydrogens is 243 g/mol. The van der Waals surface area contributed by atoms with Gasteiger partial charge in [0.1, 0.15) is 0 Å². The van der Waals surface area contributed by atoms with Crippen LogP contribution in [0.5, 0.6) is 0 Å². The highest BCUT2D eigenvalue weighted by atomic mass is 35.5. The number of ketones is 1. The number of rotatable bonds is 2. The van der Waals surface area contributed by atoms with Crippen molar-refractivity contribution in [2.75, 3.05) is 0 Å². The van der Waals surface area contributed by atoms with Gasteiger partial charge in [-0.3, -0.25) is 4.79 Å². The third kappa shape index (κ3) is 2.78. The number of hydrogen-bond donors (Lipinski definition) is 0. The fourth-order valence-corrected chi connectivity index (χ4v) is 2.82. The number of hydrogen-bond acceptors (Lipinski definition) is 1. The van der Waals surface area contributed by atoms with E-state index in [1.807, 2.05) is 0 Å². The Bertz CT molecular complexity index is 375. The van der Waals surface area contributed by atoms with E-state index in [-0.39, 0.29) is 11.7 Å². The molecule has 0 amide bonds. The molecule has 2 rings (SSSR count). The highest BCUT2D eigenvalue weighted by Gasteiger charge is 2.22. The highest BCUT2D eigenvalue weighted by molar-refractivity contribution is 6.35. The van der Waals surface area contributed by atoms with Crippen LogP contribution in [0.2, 0.25) is 10.0 Å². The minimum atomic E-state index is 0.170. The van der Waals surface area contributed by atoms with Crippen LogP contribution >= 0.6 is 23.2 Å². The normalized spacial score (nSPS) is 17.4. The fourth-order valence-electron chi connectivity index (χ4n) is 2.30. The standard InChI is InChI=1S/C13H14Cl2O/c14-11-6-10(7-12(15)8-11)13(16)9-4-2-1-3-5-9/h6-9H,1-5H2. The molecule has 0 bridgehead atoms. The lowest BCUT2D eigenvalue weighted by molar-refractivity contribution is 0.0889. The predicted octanol–water partition coefficient (Wildman–Crippen LogP) is 4.76. The number of carbonyl (C=O) groups is 1. The summed E-state index contributed by atoms with van der Waals surface area (Å²) in [6.45, 7) is 0. The summed E-state index contributed by atoms with van der Waals surface area (Å²) in [6.07, 6.45) is 5.57. The Labute approximate surface area is 106 Å². The van der Waals surface area contributed by atoms with Crippen LogP contribution in [0.15, 0.2) is 18.2 Å². The Kier molecular flexibility index (Phi) is 3.88. The molecule has 0 unspecified atom stereocenters. The van der Waals surface area contributed by atoms with E-state index in [1.54, 1.807) is 18.2 Å². The summed E-state index contributed by atoms with van der Waals surface area (Å²) in [5, 5.41) is 1.07. The number of carbonyl (C=O) groups excluding carboxylic acids is 1. The SMILES string of the molecule is O=C(c1cc(Cl)cc(Cl)c1)C1CCCCC1. The lowest BCUT2D eigenvalue weighted by Gasteiger charge is -2.20. The van der Waals surface area contributed by atoms with E-state index in [0.29, 0.717) is 15.6 Å². The summed E-state index contributed by atoms with van der Waals surface area (Å²) in [5.41, 5.74) is 0.657. The highest BCUT2D eigenvalue weighted by Crippen LogP contribution is 2.28. The third-order valence-corrected chi connectivity index (χ3v) is 3.56. The first-order chi connectivity index (χ1) is 7.66. The molecule has 1 saturated carbocycles. The van der Waals surface area contributed by atoms with E-state index in [4.69, 9.17) is 23.2 Å². The molecule has 0 radical (unpaired) electrons. The Morgan fingerprint density at radius 1 is 1.00 bits per heavy atom. The maximum absolute atomic E-state index is 12.2. The van der Waals surface area contributed by atoms with Crippen molar-refractivity contribution in [1.82, 2.24) is 0 Å². The quantitative estimate of drug-likeness (QED) is 0.698. The molecule has 0 atom stereocenters. The summed E-state index contributed by atoms with van der Waals surface area (Å²) in [7, 11) is 0. The van der Waals surface area contributed by atoms with Crippen LogP contribution < -0.4 is 0 Å². The summed E-state index contributed by atoms with van der Waals surface area (Å²) in [5.74, 6) is 0.368. The topological polar surface area (TPSA) is 17.1 Å². The van der Waals surface area contributed by atoms with Crippen molar-refractivity contribution in [1.29, 1.82) is 0 Å². The van der Waals surface area contributed by atoms with Crippen LogP contribution in [0.4, 0.5) is 0 Å². The molecule has 1 aliphatic rings. The van der Waals surface area contributed by atoms with Gasteiger partial charge in [-0.05, 0) is 31.0 Å². The molecule has 1 aromatic rings. The molecule has 1 aromatic carbocycles. The maximum Gasteiger partial charge on any atom is 0.166 e. The van der Waals surface area contributed by atoms with E-state index < -0.39 is 0 Å². The molecule has 16 heavy (non-hydrogen) atoms. The zero-order valence-corrected chi connectivity index (χ0v) is 10.5. The second kappa shape index (κ2) is 5.20. The van der Waals surface area contributed by atoms with E-state index in [0.717, 1.165) is 25.7 Å². The second-order valence-corrected chi connectivity index (χ2v) is 5.23. The molecule has 0 spiro atoms. The molecule has 1 aliphatic carbocycles. The summed E-state index contributed by atoms with van der Waals surface area (Å²) < 4.78 is 0. The van der Waals surface area contributed by atoms with Gasteiger partial charge in [0.05, 0.1) is 0 Å². The zero-order valence-electron chi connectivity index (χ0n) is 9.01. The van der Waals surface area contributed by atoms with E-state index in [9.17, 15) is 4.79 Å². The number of benzene rings is 1. The summed E-state index contributed by atoms with van der Waals surface area (Å²) in [6, 6.07) is 5.08. The van der Waals surface area contributed by atoms with Crippen molar-refractivity contribution >= 4 is 29.0 Å². The third-order valence-electron chi connectivity index (χ3n) is 3.12. The molecule has 0 heterocycles. The van der Waals surface area contributed by atoms with Crippen LogP contribution in [0, 0.1) is 5.92 Å². The Morgan fingerprint density at radius 2 is 1.56 bits per heavy atom. The van der Waals surface area contributed by atoms with Crippen molar-refractivity contribution in [2.45, 2.75) is 32.1 Å². The average molecular weight is 257 g/mol. The number of Topliss-reactive ketones (excluding diaryl/α,β-unsaturated/α-hetero) is 1. The van der Waals surface area contributed by atoms with Gasteiger partial charge in [0.15, 0.2) is 5.78 Å². The van der Waals surface area contributed by atoms with Gasteiger partial charge in [0.2, 0.25) is 0 Å². The van der Waals surface area contributed by atoms with Crippen molar-refractivity contribution in [3.63, 3.8) is 0 Å². The van der Waals surface area contributed by atoms with Gasteiger partial charge in [-0.2, -0.15) is 0 Å². The summed E-state index contributed by atoms with van der Waals surface area (Å²) >= 11 is 11.8. The first-order valence-corrected chi connectivity index (χ1v) is 6.43. The van der Waals surface area contributed by atoms with Gasteiger partial charge in [-0.1, -0.05) is 42.5 Å². The second-order valence-electron chi connectivity index (χ2n) is 4.36. The van der Waals surface area contributed by atoms with Crippen LogP contribution in [0.1, 0.15) is 42.5 Å². The average Bonchev–Trinajstić information content (AvgIpc) is 2.28. The van der Waals surface area contributed by atoms with Crippen LogP contribution in [-0.2, 0) is 0 Å². The lowest BCUT2D eigenvalue weighted by atomic mass is 9.84. The van der Waals surface area contributed by atoms with Crippen LogP contribution in [0.3, 0.4) is 0 Å². The number of halogens is 2. The van der Waals surface area contributed by atoms with Gasteiger partial charge in [-0.15, -0.1) is 0 Å². The molecule has 1 nitrogen and oxygen atoms in total. The van der Waals surface area contributed by atoms with Crippen molar-refractivity contribution in [3.8, 4) is 0 Å². The van der Waals surface area contributed by atoms with Crippen molar-refractivity contribution in [3.05, 3.63) is 33.8 Å². The van der Waals surface area contributed by atoms with Gasteiger partial charge in [0, 0.05) is 21.5 Å². The van der Waals surface area contributed by atoms with Crippen LogP contribution in [0.25, 0.3) is 0 Å². The molecule has 86 valence electrons. The van der Waals surface area contributed by atoms with Gasteiger partial charge in [0.25, 0.3) is 0 Å². The molecule has 0 aromatic heterocycles. The van der Waals surface area contributed by atoms with E-state index >= 15 is 0 Å². The maximum atomic E-state index is 12.2. The minimum Gasteiger partial charge on any atom is -0.294 e. The first-order valence-electron chi connectivity index (χ1n) is 5.67. The zero-order chi connectivity index (χ0) is 11.5. The molecule has 0 saturated heterocycles. The fraction of sp³-hybridized carbons (Fsp3) is 0.462. The molecule has 1 fully saturated rings. The molecule has 0 aliphatic heterocycles. The molecule has 3 heteroatoms. The van der Waals surface area contributed by atoms with Crippen molar-refractivity contribution < 1.29 is 4.79 Å². The van der Waals surface area contributed by atoms with Crippen LogP contribution in [-0.4, -0.2) is 5.78 Å². The molecule has 0 N–H and O–H groups in total. The van der Waals surface area contributed by atoms with Gasteiger partial charge < -0.3 is 0 Å². The summed E-state index contributed by atoms with van der Waals surface area (Å²) in [4.78, 5) is 12.2. The van der Waals surface area contributed by atoms with E-state index in [1.165, 1.54) is 6.42 Å².